The normalized spacial score (nSPS) is 18.0. The molecule has 17 heteroatoms. The second-order valence-electron chi connectivity index (χ2n) is 9.01. The Labute approximate surface area is 234 Å². The van der Waals surface area contributed by atoms with Crippen molar-refractivity contribution in [3.05, 3.63) is 64.1 Å². The van der Waals surface area contributed by atoms with Crippen molar-refractivity contribution < 1.29 is 49.0 Å². The molecular formula is C24H19ClF6N4O5S. The molecule has 0 unspecified atom stereocenters. The van der Waals surface area contributed by atoms with Crippen molar-refractivity contribution in [1.29, 1.82) is 0 Å². The number of alkyl halides is 6. The topological polar surface area (TPSA) is 112 Å². The van der Waals surface area contributed by atoms with Crippen LogP contribution in [0.4, 0.5) is 31.1 Å². The van der Waals surface area contributed by atoms with E-state index in [1.165, 1.54) is 26.3 Å². The number of aromatic nitrogens is 3. The number of rotatable bonds is 6. The first kappa shape index (κ1) is 30.3. The average molecular weight is 625 g/mol. The number of benzene rings is 1. The predicted octanol–water partition coefficient (Wildman–Crippen LogP) is 5.72. The summed E-state index contributed by atoms with van der Waals surface area (Å²) in [5.74, 6) is 0.0462. The first-order chi connectivity index (χ1) is 18.9. The summed E-state index contributed by atoms with van der Waals surface area (Å²) in [4.78, 5) is 25.8. The summed E-state index contributed by atoms with van der Waals surface area (Å²) in [5, 5.41) is -0.437. The molecule has 0 bridgehead atoms. The van der Waals surface area contributed by atoms with Crippen LogP contribution in [0.5, 0.6) is 5.88 Å². The Hall–Kier alpha value is -3.66. The summed E-state index contributed by atoms with van der Waals surface area (Å²) in [6, 6.07) is 1.23. The van der Waals surface area contributed by atoms with Crippen molar-refractivity contribution in [3.63, 3.8) is 0 Å². The Balaban J connectivity index is 1.79. The van der Waals surface area contributed by atoms with Crippen LogP contribution < -0.4 is 4.74 Å². The number of halogens is 7. The van der Waals surface area contributed by atoms with E-state index in [0.717, 1.165) is 17.4 Å². The molecule has 0 aliphatic carbocycles. The van der Waals surface area contributed by atoms with E-state index in [0.29, 0.717) is 12.1 Å². The number of nitrogens with zero attached hydrogens (tertiary/aromatic N) is 4. The second-order valence-corrected chi connectivity index (χ2v) is 11.4. The summed E-state index contributed by atoms with van der Waals surface area (Å²) in [5.41, 5.74) is -3.37. The van der Waals surface area contributed by atoms with Gasteiger partial charge in [-0.2, -0.15) is 26.3 Å². The minimum Gasteiger partial charge on any atom is -0.481 e. The SMILES string of the molecule is COc1ncc(Cl)cc1-c1cnc(S(C)(=O)=O)nc1CN1C(=O)O[C@H](c2cc(C(F)(F)F)cc(C(F)(F)F)c2)[C@@H]1C. The van der Waals surface area contributed by atoms with E-state index < -0.39 is 68.8 Å². The highest BCUT2D eigenvalue weighted by molar-refractivity contribution is 7.90. The summed E-state index contributed by atoms with van der Waals surface area (Å²) >= 11 is 6.07. The first-order valence-corrected chi connectivity index (χ1v) is 13.7. The first-order valence-electron chi connectivity index (χ1n) is 11.4. The van der Waals surface area contributed by atoms with Gasteiger partial charge in [0.1, 0.15) is 6.10 Å². The third-order valence-electron chi connectivity index (χ3n) is 6.13. The number of carbonyl (C=O) groups excluding carboxylic acids is 1. The molecule has 1 aliphatic rings. The molecule has 3 heterocycles. The summed E-state index contributed by atoms with van der Waals surface area (Å²) in [6.45, 7) is 0.876. The monoisotopic (exact) mass is 624 g/mol. The van der Waals surface area contributed by atoms with Crippen molar-refractivity contribution in [2.24, 2.45) is 0 Å². The number of ether oxygens (including phenoxy) is 2. The molecule has 0 spiro atoms. The van der Waals surface area contributed by atoms with Gasteiger partial charge in [-0.05, 0) is 36.8 Å². The van der Waals surface area contributed by atoms with Gasteiger partial charge in [0, 0.05) is 29.8 Å². The molecule has 3 aromatic rings. The molecule has 1 saturated heterocycles. The van der Waals surface area contributed by atoms with Gasteiger partial charge in [-0.1, -0.05) is 11.6 Å². The maximum Gasteiger partial charge on any atom is 0.416 e. The molecule has 2 atom stereocenters. The molecule has 0 saturated carbocycles. The van der Waals surface area contributed by atoms with Crippen molar-refractivity contribution in [1.82, 2.24) is 19.9 Å². The number of carbonyl (C=O) groups is 1. The lowest BCUT2D eigenvalue weighted by Gasteiger charge is -2.23. The van der Waals surface area contributed by atoms with Gasteiger partial charge in [0.05, 0.1) is 41.5 Å². The van der Waals surface area contributed by atoms with E-state index in [9.17, 15) is 39.6 Å². The van der Waals surface area contributed by atoms with Gasteiger partial charge in [-0.15, -0.1) is 0 Å². The Morgan fingerprint density at radius 3 is 2.15 bits per heavy atom. The van der Waals surface area contributed by atoms with Crippen LogP contribution in [-0.2, 0) is 33.5 Å². The van der Waals surface area contributed by atoms with Crippen LogP contribution in [0.3, 0.4) is 0 Å². The van der Waals surface area contributed by atoms with Crippen LogP contribution in [0.1, 0.15) is 35.4 Å². The Bertz CT molecular complexity index is 1580. The molecule has 41 heavy (non-hydrogen) atoms. The van der Waals surface area contributed by atoms with Gasteiger partial charge < -0.3 is 9.47 Å². The zero-order valence-corrected chi connectivity index (χ0v) is 22.8. The van der Waals surface area contributed by atoms with E-state index in [-0.39, 0.29) is 33.8 Å². The highest BCUT2D eigenvalue weighted by Gasteiger charge is 2.43. The number of hydrogen-bond donors (Lipinski definition) is 0. The standard InChI is InChI=1S/C24H19ClF6N4O5S/c1-11-19(12-4-13(23(26,27)28)6-14(5-12)24(29,30)31)40-22(36)35(11)10-18-17(9-33-21(34-18)41(3,37)38)16-7-15(25)8-32-20(16)39-2/h4-9,11,19H,10H2,1-3H3/t11-,19-/m0/s1. The van der Waals surface area contributed by atoms with Crippen LogP contribution in [0.15, 0.2) is 41.8 Å². The van der Waals surface area contributed by atoms with Crippen molar-refractivity contribution in [2.45, 2.75) is 43.1 Å². The lowest BCUT2D eigenvalue weighted by molar-refractivity contribution is -0.143. The summed E-state index contributed by atoms with van der Waals surface area (Å²) < 4.78 is 115. The van der Waals surface area contributed by atoms with Gasteiger partial charge in [-0.3, -0.25) is 4.90 Å². The average Bonchev–Trinajstić information content (AvgIpc) is 3.15. The smallest absolute Gasteiger partial charge is 0.416 e. The fourth-order valence-electron chi connectivity index (χ4n) is 4.17. The minimum absolute atomic E-state index is 0.0327. The molecule has 220 valence electrons. The largest absolute Gasteiger partial charge is 0.481 e. The van der Waals surface area contributed by atoms with Crippen molar-refractivity contribution in [3.8, 4) is 17.0 Å². The molecule has 0 N–H and O–H groups in total. The molecule has 1 fully saturated rings. The number of cyclic esters (lactones) is 1. The molecular weight excluding hydrogens is 606 g/mol. The highest BCUT2D eigenvalue weighted by atomic mass is 35.5. The second kappa shape index (κ2) is 10.6. The van der Waals surface area contributed by atoms with Gasteiger partial charge in [0.25, 0.3) is 0 Å². The van der Waals surface area contributed by atoms with Crippen molar-refractivity contribution >= 4 is 27.5 Å². The molecule has 2 aromatic heterocycles. The van der Waals surface area contributed by atoms with E-state index in [1.54, 1.807) is 0 Å². The molecule has 9 nitrogen and oxygen atoms in total. The van der Waals surface area contributed by atoms with Crippen LogP contribution in [0.2, 0.25) is 5.02 Å². The number of sulfone groups is 1. The molecule has 1 aliphatic heterocycles. The summed E-state index contributed by atoms with van der Waals surface area (Å²) in [6.07, 6.45) is -9.57. The number of hydrogen-bond acceptors (Lipinski definition) is 8. The van der Waals surface area contributed by atoms with Gasteiger partial charge in [0.2, 0.25) is 20.9 Å². The Kier molecular flexibility index (Phi) is 7.86. The zero-order chi connectivity index (χ0) is 30.5. The van der Waals surface area contributed by atoms with Crippen molar-refractivity contribution in [2.75, 3.05) is 13.4 Å². The highest BCUT2D eigenvalue weighted by Crippen LogP contribution is 2.41. The maximum absolute atomic E-state index is 13.4. The zero-order valence-electron chi connectivity index (χ0n) is 21.2. The number of pyridine rings is 1. The Morgan fingerprint density at radius 2 is 1.61 bits per heavy atom. The molecule has 0 radical (unpaired) electrons. The van der Waals surface area contributed by atoms with Crippen LogP contribution in [-0.4, -0.2) is 53.8 Å². The molecule has 4 rings (SSSR count). The molecule has 1 aromatic carbocycles. The lowest BCUT2D eigenvalue weighted by Crippen LogP contribution is -2.32. The third kappa shape index (κ3) is 6.32. The number of methoxy groups -OCH3 is 1. The fraction of sp³-hybridized carbons (Fsp3) is 0.333. The third-order valence-corrected chi connectivity index (χ3v) is 7.20. The minimum atomic E-state index is -5.11. The van der Waals surface area contributed by atoms with Gasteiger partial charge in [-0.25, -0.2) is 28.2 Å². The quantitative estimate of drug-likeness (QED) is 0.253. The van der Waals surface area contributed by atoms with E-state index in [1.807, 2.05) is 0 Å². The fourth-order valence-corrected chi connectivity index (χ4v) is 4.85. The van der Waals surface area contributed by atoms with E-state index in [4.69, 9.17) is 21.1 Å². The van der Waals surface area contributed by atoms with Crippen LogP contribution >= 0.6 is 11.6 Å². The predicted molar refractivity (Wildman–Crippen MR) is 131 cm³/mol. The van der Waals surface area contributed by atoms with E-state index >= 15 is 0 Å². The summed E-state index contributed by atoms with van der Waals surface area (Å²) in [7, 11) is -2.64. The lowest BCUT2D eigenvalue weighted by atomic mass is 9.97. The maximum atomic E-state index is 13.4. The van der Waals surface area contributed by atoms with E-state index in [2.05, 4.69) is 15.0 Å². The Morgan fingerprint density at radius 1 is 1.00 bits per heavy atom. The van der Waals surface area contributed by atoms with Gasteiger partial charge in [0.15, 0.2) is 0 Å². The van der Waals surface area contributed by atoms with Gasteiger partial charge >= 0.3 is 18.4 Å². The van der Waals surface area contributed by atoms with Crippen LogP contribution in [0.25, 0.3) is 11.1 Å². The molecule has 1 amide bonds. The number of amides is 1. The van der Waals surface area contributed by atoms with Crippen LogP contribution in [0, 0.1) is 0 Å².